The van der Waals surface area contributed by atoms with Crippen LogP contribution in [0, 0.1) is 10.8 Å². The van der Waals surface area contributed by atoms with Crippen molar-refractivity contribution in [3.8, 4) is 0 Å². The van der Waals surface area contributed by atoms with Crippen molar-refractivity contribution in [3.63, 3.8) is 0 Å². The van der Waals surface area contributed by atoms with Crippen LogP contribution in [0.1, 0.15) is 73.6 Å². The third-order valence-electron chi connectivity index (χ3n) is 3.39. The molecule has 0 aromatic rings. The molecule has 1 atom stereocenters. The highest BCUT2D eigenvalue weighted by Gasteiger charge is 2.34. The van der Waals surface area contributed by atoms with E-state index in [0.717, 1.165) is 0 Å². The molecular weight excluding hydrogens is 156 g/mol. The van der Waals surface area contributed by atoms with Gasteiger partial charge in [-0.2, -0.15) is 0 Å². The summed E-state index contributed by atoms with van der Waals surface area (Å²) in [5.41, 5.74) is 1.27. The summed E-state index contributed by atoms with van der Waals surface area (Å²) in [5, 5.41) is 0. The Morgan fingerprint density at radius 3 is 1.85 bits per heavy atom. The van der Waals surface area contributed by atoms with E-state index in [2.05, 4.69) is 27.7 Å². The maximum Gasteiger partial charge on any atom is -0.0323 e. The van der Waals surface area contributed by atoms with E-state index in [1.54, 1.807) is 0 Å². The molecule has 0 radical (unpaired) electrons. The van der Waals surface area contributed by atoms with Gasteiger partial charge in [-0.3, -0.25) is 0 Å². The molecule has 1 rings (SSSR count). The zero-order valence-corrected chi connectivity index (χ0v) is 10.5. The molecule has 0 N–H and O–H groups in total. The Labute approximate surface area is 85.1 Å². The van der Waals surface area contributed by atoms with Gasteiger partial charge in [-0.25, -0.2) is 0 Å². The first-order valence-electron chi connectivity index (χ1n) is 5.97. The lowest BCUT2D eigenvalue weighted by Gasteiger charge is -2.42. The zero-order chi connectivity index (χ0) is 10.5. The summed E-state index contributed by atoms with van der Waals surface area (Å²) >= 11 is 0. The van der Waals surface area contributed by atoms with Crippen molar-refractivity contribution in [1.29, 1.82) is 0 Å². The molecule has 1 aliphatic carbocycles. The normalized spacial score (nSPS) is 31.8. The van der Waals surface area contributed by atoms with Gasteiger partial charge in [-0.15, -0.1) is 0 Å². The van der Waals surface area contributed by atoms with Crippen LogP contribution >= 0.6 is 0 Å². The van der Waals surface area contributed by atoms with Gasteiger partial charge in [0.15, 0.2) is 0 Å². The molecule has 0 nitrogen and oxygen atoms in total. The van der Waals surface area contributed by atoms with Crippen LogP contribution in [0.5, 0.6) is 0 Å². The predicted octanol–water partition coefficient (Wildman–Crippen LogP) is 5.03. The van der Waals surface area contributed by atoms with Gasteiger partial charge in [-0.05, 0) is 30.1 Å². The number of hydrogen-bond donors (Lipinski definition) is 0. The lowest BCUT2D eigenvalue weighted by Crippen LogP contribution is -2.30. The monoisotopic (exact) mass is 184 g/mol. The van der Waals surface area contributed by atoms with E-state index in [9.17, 15) is 0 Å². The van der Waals surface area contributed by atoms with Gasteiger partial charge in [0.1, 0.15) is 0 Å². The lowest BCUT2D eigenvalue weighted by atomic mass is 9.63. The van der Waals surface area contributed by atoms with Crippen molar-refractivity contribution >= 4 is 0 Å². The van der Waals surface area contributed by atoms with Gasteiger partial charge in [0.25, 0.3) is 0 Å². The largest absolute Gasteiger partial charge is 0.0683 e. The van der Waals surface area contributed by atoms with Gasteiger partial charge in [0.05, 0.1) is 0 Å². The zero-order valence-electron chi connectivity index (χ0n) is 10.5. The summed E-state index contributed by atoms with van der Waals surface area (Å²) in [4.78, 5) is 0. The quantitative estimate of drug-likeness (QED) is 0.536. The van der Waals surface area contributed by atoms with E-state index >= 15 is 0 Å². The average Bonchev–Trinajstić information content (AvgIpc) is 2.06. The molecule has 1 fully saturated rings. The van der Waals surface area contributed by atoms with Crippen molar-refractivity contribution in [1.82, 2.24) is 0 Å². The first-order valence-corrected chi connectivity index (χ1v) is 5.97. The molecule has 0 aromatic carbocycles. The Kier molecular flexibility index (Phi) is 5.02. The van der Waals surface area contributed by atoms with E-state index in [-0.39, 0.29) is 0 Å². The minimum atomic E-state index is 0.614. The smallest absolute Gasteiger partial charge is 0.0323 e. The van der Waals surface area contributed by atoms with E-state index in [0.29, 0.717) is 10.8 Å². The molecule has 0 spiro atoms. The Bertz CT molecular complexity index is 135. The second kappa shape index (κ2) is 5.02. The van der Waals surface area contributed by atoms with Crippen molar-refractivity contribution in [2.45, 2.75) is 73.6 Å². The number of hydrogen-bond acceptors (Lipinski definition) is 0. The van der Waals surface area contributed by atoms with Gasteiger partial charge in [0.2, 0.25) is 0 Å². The first-order chi connectivity index (χ1) is 5.97. The van der Waals surface area contributed by atoms with Gasteiger partial charge in [0, 0.05) is 0 Å². The van der Waals surface area contributed by atoms with Gasteiger partial charge < -0.3 is 0 Å². The SMILES string of the molecule is CC.CCC1(C)CCCC(C)(C)C1. The Morgan fingerprint density at radius 1 is 1.00 bits per heavy atom. The van der Waals surface area contributed by atoms with Crippen LogP contribution in [0.4, 0.5) is 0 Å². The average molecular weight is 184 g/mol. The first kappa shape index (κ1) is 13.0. The molecule has 0 bridgehead atoms. The molecule has 0 saturated heterocycles. The van der Waals surface area contributed by atoms with Gasteiger partial charge in [-0.1, -0.05) is 54.4 Å². The third kappa shape index (κ3) is 4.15. The molecule has 1 saturated carbocycles. The van der Waals surface area contributed by atoms with Crippen LogP contribution in [0.15, 0.2) is 0 Å². The second-order valence-electron chi connectivity index (χ2n) is 5.36. The topological polar surface area (TPSA) is 0 Å². The molecular formula is C13H28. The summed E-state index contributed by atoms with van der Waals surface area (Å²) in [6.45, 7) is 13.6. The summed E-state index contributed by atoms with van der Waals surface area (Å²) < 4.78 is 0. The molecule has 0 heterocycles. The summed E-state index contributed by atoms with van der Waals surface area (Å²) in [5.74, 6) is 0. The minimum absolute atomic E-state index is 0.614. The lowest BCUT2D eigenvalue weighted by molar-refractivity contribution is 0.0957. The van der Waals surface area contributed by atoms with Crippen molar-refractivity contribution < 1.29 is 0 Å². The molecule has 1 unspecified atom stereocenters. The molecule has 0 aliphatic heterocycles. The highest BCUT2D eigenvalue weighted by atomic mass is 14.4. The maximum absolute atomic E-state index is 2.45. The molecule has 80 valence electrons. The highest BCUT2D eigenvalue weighted by molar-refractivity contribution is 4.86. The standard InChI is InChI=1S/C11H22.C2H6/c1-5-11(4)8-6-7-10(2,3)9-11;1-2/h5-9H2,1-4H3;1-2H3. The molecule has 0 amide bonds. The van der Waals surface area contributed by atoms with E-state index in [1.165, 1.54) is 32.1 Å². The summed E-state index contributed by atoms with van der Waals surface area (Å²) in [7, 11) is 0. The van der Waals surface area contributed by atoms with Gasteiger partial charge >= 0.3 is 0 Å². The second-order valence-corrected chi connectivity index (χ2v) is 5.36. The fourth-order valence-corrected chi connectivity index (χ4v) is 2.63. The summed E-state index contributed by atoms with van der Waals surface area (Å²) in [6, 6.07) is 0. The molecule has 0 heteroatoms. The fraction of sp³-hybridized carbons (Fsp3) is 1.00. The highest BCUT2D eigenvalue weighted by Crippen LogP contribution is 2.47. The fourth-order valence-electron chi connectivity index (χ4n) is 2.63. The molecule has 13 heavy (non-hydrogen) atoms. The Balaban J connectivity index is 0.000000671. The maximum atomic E-state index is 2.45. The van der Waals surface area contributed by atoms with Crippen LogP contribution in [0.25, 0.3) is 0 Å². The van der Waals surface area contributed by atoms with Crippen LogP contribution in [-0.4, -0.2) is 0 Å². The minimum Gasteiger partial charge on any atom is -0.0683 e. The Morgan fingerprint density at radius 2 is 1.54 bits per heavy atom. The van der Waals surface area contributed by atoms with Crippen LogP contribution < -0.4 is 0 Å². The predicted molar refractivity (Wildman–Crippen MR) is 62.0 cm³/mol. The summed E-state index contributed by atoms with van der Waals surface area (Å²) in [6.07, 6.45) is 7.11. The van der Waals surface area contributed by atoms with Crippen molar-refractivity contribution in [3.05, 3.63) is 0 Å². The molecule has 1 aliphatic rings. The van der Waals surface area contributed by atoms with Crippen LogP contribution in [0.2, 0.25) is 0 Å². The van der Waals surface area contributed by atoms with E-state index in [1.807, 2.05) is 13.8 Å². The van der Waals surface area contributed by atoms with Crippen molar-refractivity contribution in [2.24, 2.45) is 10.8 Å². The van der Waals surface area contributed by atoms with E-state index < -0.39 is 0 Å². The Hall–Kier alpha value is 0. The van der Waals surface area contributed by atoms with Crippen molar-refractivity contribution in [2.75, 3.05) is 0 Å². The van der Waals surface area contributed by atoms with Crippen LogP contribution in [0.3, 0.4) is 0 Å². The molecule has 0 aromatic heterocycles. The van der Waals surface area contributed by atoms with E-state index in [4.69, 9.17) is 0 Å². The van der Waals surface area contributed by atoms with Crippen LogP contribution in [-0.2, 0) is 0 Å². The third-order valence-corrected chi connectivity index (χ3v) is 3.39. The number of rotatable bonds is 1.